The van der Waals surface area contributed by atoms with Crippen LogP contribution in [0.5, 0.6) is 5.75 Å². The number of rotatable bonds is 8. The van der Waals surface area contributed by atoms with Crippen LogP contribution < -0.4 is 15.4 Å². The van der Waals surface area contributed by atoms with Crippen LogP contribution in [0.3, 0.4) is 0 Å². The van der Waals surface area contributed by atoms with Crippen LogP contribution in [0, 0.1) is 6.92 Å². The summed E-state index contributed by atoms with van der Waals surface area (Å²) in [5.74, 6) is 1.66. The molecule has 3 aromatic heterocycles. The Morgan fingerprint density at radius 1 is 1.31 bits per heavy atom. The first kappa shape index (κ1) is 24.5. The number of nitrogens with zero attached hydrogens (tertiary/aromatic N) is 4. The summed E-state index contributed by atoms with van der Waals surface area (Å²) >= 11 is 1.70. The number of hydrogen-bond acceptors (Lipinski definition) is 8. The number of nitrogens with one attached hydrogen (secondary N) is 2. The molecule has 0 radical (unpaired) electrons. The van der Waals surface area contributed by atoms with Gasteiger partial charge in [0.1, 0.15) is 17.6 Å². The molecule has 0 bridgehead atoms. The number of fused-ring (bicyclic) bond motifs is 2. The molecule has 1 aliphatic heterocycles. The highest BCUT2D eigenvalue weighted by Gasteiger charge is 2.30. The number of piperazine rings is 1. The van der Waals surface area contributed by atoms with Crippen molar-refractivity contribution in [2.24, 2.45) is 0 Å². The van der Waals surface area contributed by atoms with Gasteiger partial charge in [-0.3, -0.25) is 9.69 Å². The summed E-state index contributed by atoms with van der Waals surface area (Å²) in [6.45, 7) is 9.03. The maximum Gasteiger partial charge on any atom is 0.237 e. The molecule has 1 amide bonds. The van der Waals surface area contributed by atoms with Gasteiger partial charge in [0.25, 0.3) is 0 Å². The molecule has 1 aliphatic rings. The lowest BCUT2D eigenvalue weighted by atomic mass is 10.1. The molecule has 190 valence electrons. The van der Waals surface area contributed by atoms with Gasteiger partial charge in [0, 0.05) is 49.3 Å². The standard InChI is InChI=1S/C26H32N6O3S/c1-6-35-13-18-19(12-31-8-7-28-26(33)16(31)3)32-23(25(27-4)29-14-30-32)22(18)21-11-17-9-15(2)10-20(34-5)24(17)36-21/h9-11,14,16H,6-8,12-13H2,1-5H3,(H,28,33)(H,27,29,30). The molecule has 2 N–H and O–H groups in total. The van der Waals surface area contributed by atoms with Gasteiger partial charge in [-0.1, -0.05) is 6.07 Å². The summed E-state index contributed by atoms with van der Waals surface area (Å²) in [7, 11) is 3.58. The summed E-state index contributed by atoms with van der Waals surface area (Å²) in [4.78, 5) is 20.2. The molecule has 4 heterocycles. The second-order valence-electron chi connectivity index (χ2n) is 8.99. The number of aryl methyl sites for hydroxylation is 1. The number of benzene rings is 1. The molecule has 5 rings (SSSR count). The lowest BCUT2D eigenvalue weighted by Crippen LogP contribution is -2.53. The maximum atomic E-state index is 12.4. The van der Waals surface area contributed by atoms with Crippen molar-refractivity contribution < 1.29 is 14.3 Å². The monoisotopic (exact) mass is 508 g/mol. The van der Waals surface area contributed by atoms with E-state index in [1.54, 1.807) is 24.8 Å². The minimum absolute atomic E-state index is 0.0474. The first-order valence-corrected chi connectivity index (χ1v) is 13.0. The van der Waals surface area contributed by atoms with E-state index in [1.807, 2.05) is 25.4 Å². The Bertz CT molecular complexity index is 1430. The molecule has 4 aromatic rings. The second kappa shape index (κ2) is 10.0. The largest absolute Gasteiger partial charge is 0.495 e. The van der Waals surface area contributed by atoms with E-state index in [0.29, 0.717) is 26.3 Å². The summed E-state index contributed by atoms with van der Waals surface area (Å²) in [6, 6.07) is 6.24. The van der Waals surface area contributed by atoms with Gasteiger partial charge in [-0.25, -0.2) is 9.50 Å². The Morgan fingerprint density at radius 2 is 2.14 bits per heavy atom. The van der Waals surface area contributed by atoms with Crippen molar-refractivity contribution in [3.05, 3.63) is 41.3 Å². The molecule has 0 saturated carbocycles. The number of anilines is 1. The Morgan fingerprint density at radius 3 is 2.89 bits per heavy atom. The van der Waals surface area contributed by atoms with Crippen LogP contribution in [0.1, 0.15) is 30.7 Å². The summed E-state index contributed by atoms with van der Waals surface area (Å²) in [5, 5.41) is 12.0. The lowest BCUT2D eigenvalue weighted by Gasteiger charge is -2.32. The summed E-state index contributed by atoms with van der Waals surface area (Å²) in [6.07, 6.45) is 1.57. The van der Waals surface area contributed by atoms with E-state index >= 15 is 0 Å². The van der Waals surface area contributed by atoms with Gasteiger partial charge in [0.15, 0.2) is 5.82 Å². The van der Waals surface area contributed by atoms with Gasteiger partial charge in [-0.15, -0.1) is 11.3 Å². The van der Waals surface area contributed by atoms with Crippen molar-refractivity contribution in [3.63, 3.8) is 0 Å². The molecular weight excluding hydrogens is 476 g/mol. The smallest absolute Gasteiger partial charge is 0.237 e. The molecular formula is C26H32N6O3S. The van der Waals surface area contributed by atoms with Crippen molar-refractivity contribution in [2.45, 2.75) is 40.0 Å². The minimum Gasteiger partial charge on any atom is -0.495 e. The number of aromatic nitrogens is 3. The Balaban J connectivity index is 1.76. The Hall–Kier alpha value is -3.21. The fourth-order valence-electron chi connectivity index (χ4n) is 4.95. The maximum absolute atomic E-state index is 12.4. The van der Waals surface area contributed by atoms with Crippen LogP contribution in [0.4, 0.5) is 5.82 Å². The van der Waals surface area contributed by atoms with E-state index in [-0.39, 0.29) is 11.9 Å². The van der Waals surface area contributed by atoms with E-state index in [2.05, 4.69) is 50.7 Å². The topological polar surface area (TPSA) is 93.0 Å². The van der Waals surface area contributed by atoms with Crippen LogP contribution in [-0.2, 0) is 22.7 Å². The Labute approximate surface area is 214 Å². The zero-order chi connectivity index (χ0) is 25.4. The fourth-order valence-corrected chi connectivity index (χ4v) is 6.15. The van der Waals surface area contributed by atoms with Crippen LogP contribution in [-0.4, -0.2) is 65.3 Å². The van der Waals surface area contributed by atoms with Crippen LogP contribution in [0.25, 0.3) is 26.0 Å². The second-order valence-corrected chi connectivity index (χ2v) is 10.0. The highest BCUT2D eigenvalue weighted by atomic mass is 32.1. The molecule has 9 nitrogen and oxygen atoms in total. The van der Waals surface area contributed by atoms with Gasteiger partial charge in [0.2, 0.25) is 5.91 Å². The van der Waals surface area contributed by atoms with Crippen LogP contribution >= 0.6 is 11.3 Å². The van der Waals surface area contributed by atoms with Gasteiger partial charge in [-0.2, -0.15) is 5.10 Å². The number of carbonyl (C=O) groups is 1. The van der Waals surface area contributed by atoms with Gasteiger partial charge in [-0.05, 0) is 43.9 Å². The normalized spacial score (nSPS) is 16.6. The fraction of sp³-hybridized carbons (Fsp3) is 0.423. The number of carbonyl (C=O) groups excluding carboxylic acids is 1. The van der Waals surface area contributed by atoms with Gasteiger partial charge in [0.05, 0.1) is 30.2 Å². The van der Waals surface area contributed by atoms with Crippen molar-refractivity contribution >= 4 is 38.7 Å². The molecule has 36 heavy (non-hydrogen) atoms. The third kappa shape index (κ3) is 4.19. The molecule has 0 aliphatic carbocycles. The van der Waals surface area contributed by atoms with E-state index in [0.717, 1.165) is 61.0 Å². The molecule has 1 aromatic carbocycles. The molecule has 0 spiro atoms. The number of amides is 1. The molecule has 1 atom stereocenters. The summed E-state index contributed by atoms with van der Waals surface area (Å²) in [5.41, 5.74) is 5.18. The number of thiophene rings is 1. The predicted molar refractivity (Wildman–Crippen MR) is 143 cm³/mol. The van der Waals surface area contributed by atoms with Crippen LogP contribution in [0.15, 0.2) is 24.5 Å². The molecule has 1 saturated heterocycles. The zero-order valence-electron chi connectivity index (χ0n) is 21.3. The van der Waals surface area contributed by atoms with E-state index in [9.17, 15) is 4.79 Å². The SMILES string of the molecule is CCOCc1c(-c2cc3cc(C)cc(OC)c3s2)c2c(NC)ncnn2c1CN1CCNC(=O)C1C. The van der Waals surface area contributed by atoms with Gasteiger partial charge >= 0.3 is 0 Å². The zero-order valence-corrected chi connectivity index (χ0v) is 22.2. The minimum atomic E-state index is -0.227. The molecule has 1 unspecified atom stereocenters. The van der Waals surface area contributed by atoms with Crippen LogP contribution in [0.2, 0.25) is 0 Å². The predicted octanol–water partition coefficient (Wildman–Crippen LogP) is 3.83. The first-order valence-electron chi connectivity index (χ1n) is 12.2. The molecule has 10 heteroatoms. The quantitative estimate of drug-likeness (QED) is 0.374. The van der Waals surface area contributed by atoms with E-state index in [1.165, 1.54) is 0 Å². The van der Waals surface area contributed by atoms with Crippen molar-refractivity contribution in [1.82, 2.24) is 24.8 Å². The average Bonchev–Trinajstić information content (AvgIpc) is 3.43. The van der Waals surface area contributed by atoms with E-state index in [4.69, 9.17) is 9.47 Å². The summed E-state index contributed by atoms with van der Waals surface area (Å²) < 4.78 is 14.8. The number of hydrogen-bond donors (Lipinski definition) is 2. The van der Waals surface area contributed by atoms with E-state index < -0.39 is 0 Å². The third-order valence-electron chi connectivity index (χ3n) is 6.79. The average molecular weight is 509 g/mol. The van der Waals surface area contributed by atoms with Crippen molar-refractivity contribution in [2.75, 3.05) is 39.2 Å². The third-order valence-corrected chi connectivity index (χ3v) is 7.97. The van der Waals surface area contributed by atoms with Crippen molar-refractivity contribution in [3.8, 4) is 16.2 Å². The molecule has 1 fully saturated rings. The number of ether oxygens (including phenoxy) is 2. The van der Waals surface area contributed by atoms with Gasteiger partial charge < -0.3 is 20.1 Å². The highest BCUT2D eigenvalue weighted by molar-refractivity contribution is 7.22. The van der Waals surface area contributed by atoms with Crippen molar-refractivity contribution in [1.29, 1.82) is 0 Å². The highest BCUT2D eigenvalue weighted by Crippen LogP contribution is 2.45. The lowest BCUT2D eigenvalue weighted by molar-refractivity contribution is -0.128. The first-order chi connectivity index (χ1) is 17.5. The number of methoxy groups -OCH3 is 1. The Kier molecular flexibility index (Phi) is 6.83.